The van der Waals surface area contributed by atoms with Crippen molar-refractivity contribution in [1.82, 2.24) is 19.4 Å². The Morgan fingerprint density at radius 2 is 1.68 bits per heavy atom. The van der Waals surface area contributed by atoms with Crippen LogP contribution in [-0.2, 0) is 0 Å². The van der Waals surface area contributed by atoms with Crippen LogP contribution in [0, 0.1) is 13.8 Å². The molecule has 3 rings (SSSR count). The van der Waals surface area contributed by atoms with E-state index in [0.717, 1.165) is 63.4 Å². The summed E-state index contributed by atoms with van der Waals surface area (Å²) in [5.74, 6) is 1.12. The molecule has 3 heterocycles. The molecule has 0 aliphatic carbocycles. The Morgan fingerprint density at radius 3 is 2.32 bits per heavy atom. The first kappa shape index (κ1) is 15.5. The lowest BCUT2D eigenvalue weighted by molar-refractivity contribution is 0.0717. The Kier molecular flexibility index (Phi) is 4.52. The van der Waals surface area contributed by atoms with E-state index in [9.17, 15) is 4.79 Å². The van der Waals surface area contributed by atoms with Crippen molar-refractivity contribution in [2.75, 3.05) is 33.2 Å². The highest BCUT2D eigenvalue weighted by atomic mass is 16.2. The first-order valence-electron chi connectivity index (χ1n) is 8.61. The second-order valence-corrected chi connectivity index (χ2v) is 6.85. The fraction of sp³-hybridized carbons (Fsp3) is 0.765. The minimum Gasteiger partial charge on any atom is -0.337 e. The van der Waals surface area contributed by atoms with Crippen molar-refractivity contribution in [2.45, 2.75) is 52.0 Å². The van der Waals surface area contributed by atoms with Crippen LogP contribution in [0.25, 0.3) is 0 Å². The van der Waals surface area contributed by atoms with Crippen molar-refractivity contribution in [1.29, 1.82) is 0 Å². The summed E-state index contributed by atoms with van der Waals surface area (Å²) in [6.45, 7) is 8.12. The number of hydrogen-bond donors (Lipinski definition) is 0. The summed E-state index contributed by atoms with van der Waals surface area (Å²) in [7, 11) is 2.18. The Balaban J connectivity index is 1.81. The van der Waals surface area contributed by atoms with Gasteiger partial charge in [-0.2, -0.15) is 0 Å². The number of piperidine rings is 2. The molecule has 0 N–H and O–H groups in total. The van der Waals surface area contributed by atoms with E-state index in [1.807, 2.05) is 11.8 Å². The summed E-state index contributed by atoms with van der Waals surface area (Å²) in [6.07, 6.45) is 5.78. The van der Waals surface area contributed by atoms with Gasteiger partial charge in [-0.25, -0.2) is 4.98 Å². The second kappa shape index (κ2) is 6.41. The van der Waals surface area contributed by atoms with E-state index >= 15 is 0 Å². The maximum atomic E-state index is 12.8. The molecule has 122 valence electrons. The molecule has 0 bridgehead atoms. The quantitative estimate of drug-likeness (QED) is 0.842. The minimum absolute atomic E-state index is 0.131. The van der Waals surface area contributed by atoms with E-state index in [4.69, 9.17) is 0 Å². The van der Waals surface area contributed by atoms with Crippen LogP contribution < -0.4 is 0 Å². The molecular weight excluding hydrogens is 276 g/mol. The van der Waals surface area contributed by atoms with Gasteiger partial charge in [-0.15, -0.1) is 0 Å². The number of amides is 1. The molecule has 2 fully saturated rings. The van der Waals surface area contributed by atoms with E-state index < -0.39 is 0 Å². The Hall–Kier alpha value is -1.36. The summed E-state index contributed by atoms with van der Waals surface area (Å²) in [6, 6.07) is 0.492. The highest BCUT2D eigenvalue weighted by molar-refractivity contribution is 5.93. The molecule has 0 radical (unpaired) electrons. The van der Waals surface area contributed by atoms with Gasteiger partial charge in [0.1, 0.15) is 11.5 Å². The van der Waals surface area contributed by atoms with E-state index in [2.05, 4.69) is 28.4 Å². The van der Waals surface area contributed by atoms with Crippen LogP contribution in [0.1, 0.15) is 60.2 Å². The molecule has 22 heavy (non-hydrogen) atoms. The lowest BCUT2D eigenvalue weighted by atomic mass is 10.0. The number of likely N-dealkylation sites (tertiary alicyclic amines) is 2. The molecular formula is C17H28N4O. The third-order valence-electron chi connectivity index (χ3n) is 5.23. The van der Waals surface area contributed by atoms with Crippen LogP contribution in [0.5, 0.6) is 0 Å². The summed E-state index contributed by atoms with van der Waals surface area (Å²) < 4.78 is 2.31. The fourth-order valence-electron chi connectivity index (χ4n) is 3.89. The zero-order chi connectivity index (χ0) is 15.7. The number of rotatable bonds is 2. The van der Waals surface area contributed by atoms with Gasteiger partial charge in [0.05, 0.1) is 0 Å². The maximum Gasteiger partial charge on any atom is 0.274 e. The largest absolute Gasteiger partial charge is 0.337 e. The topological polar surface area (TPSA) is 41.4 Å². The Labute approximate surface area is 133 Å². The molecule has 5 heteroatoms. The Morgan fingerprint density at radius 1 is 1.05 bits per heavy atom. The first-order chi connectivity index (χ1) is 10.6. The molecule has 0 aromatic carbocycles. The molecule has 1 aromatic heterocycles. The highest BCUT2D eigenvalue weighted by Gasteiger charge is 2.27. The number of carbonyl (C=O) groups excluding carboxylic acids is 1. The van der Waals surface area contributed by atoms with Gasteiger partial charge in [0.25, 0.3) is 5.91 Å². The zero-order valence-electron chi connectivity index (χ0n) is 14.1. The van der Waals surface area contributed by atoms with Crippen LogP contribution in [0.2, 0.25) is 0 Å². The van der Waals surface area contributed by atoms with Crippen LogP contribution >= 0.6 is 0 Å². The van der Waals surface area contributed by atoms with Gasteiger partial charge in [0, 0.05) is 24.8 Å². The van der Waals surface area contributed by atoms with Gasteiger partial charge in [0.2, 0.25) is 0 Å². The average Bonchev–Trinajstić information content (AvgIpc) is 2.83. The number of nitrogens with zero attached hydrogens (tertiary/aromatic N) is 4. The van der Waals surface area contributed by atoms with Crippen molar-refractivity contribution in [3.8, 4) is 0 Å². The molecule has 1 amide bonds. The molecule has 0 unspecified atom stereocenters. The summed E-state index contributed by atoms with van der Waals surface area (Å²) in [5.41, 5.74) is 1.74. The zero-order valence-corrected chi connectivity index (χ0v) is 14.1. The molecule has 2 aliphatic heterocycles. The van der Waals surface area contributed by atoms with Gasteiger partial charge in [-0.1, -0.05) is 0 Å². The number of hydrogen-bond acceptors (Lipinski definition) is 3. The van der Waals surface area contributed by atoms with Crippen LogP contribution in [0.4, 0.5) is 0 Å². The molecule has 0 atom stereocenters. The fourth-order valence-corrected chi connectivity index (χ4v) is 3.89. The van der Waals surface area contributed by atoms with Gasteiger partial charge in [-0.3, -0.25) is 4.79 Å². The normalized spacial score (nSPS) is 21.3. The van der Waals surface area contributed by atoms with Crippen molar-refractivity contribution >= 4 is 5.91 Å². The predicted octanol–water partition coefficient (Wildman–Crippen LogP) is 2.39. The lowest BCUT2D eigenvalue weighted by Gasteiger charge is -2.31. The van der Waals surface area contributed by atoms with E-state index in [-0.39, 0.29) is 5.91 Å². The standard InChI is InChI=1S/C17H28N4O/c1-13-16(17(22)20-9-5-4-6-10-20)18-14(2)21(13)15-7-11-19(3)12-8-15/h15H,4-12H2,1-3H3. The Bertz CT molecular complexity index is 537. The molecule has 2 aliphatic rings. The van der Waals surface area contributed by atoms with Crippen LogP contribution in [-0.4, -0.2) is 58.5 Å². The number of aryl methyl sites for hydroxylation is 1. The van der Waals surface area contributed by atoms with Crippen molar-refractivity contribution in [3.05, 3.63) is 17.2 Å². The highest BCUT2D eigenvalue weighted by Crippen LogP contribution is 2.27. The van der Waals surface area contributed by atoms with Gasteiger partial charge < -0.3 is 14.4 Å². The van der Waals surface area contributed by atoms with Gasteiger partial charge in [-0.05, 0) is 66.1 Å². The van der Waals surface area contributed by atoms with Crippen molar-refractivity contribution in [3.63, 3.8) is 0 Å². The third kappa shape index (κ3) is 2.91. The predicted molar refractivity (Wildman–Crippen MR) is 87.2 cm³/mol. The van der Waals surface area contributed by atoms with Gasteiger partial charge in [0.15, 0.2) is 0 Å². The number of carbonyl (C=O) groups is 1. The van der Waals surface area contributed by atoms with Crippen LogP contribution in [0.3, 0.4) is 0 Å². The molecule has 1 aromatic rings. The first-order valence-corrected chi connectivity index (χ1v) is 8.61. The summed E-state index contributed by atoms with van der Waals surface area (Å²) >= 11 is 0. The van der Waals surface area contributed by atoms with Crippen LogP contribution in [0.15, 0.2) is 0 Å². The monoisotopic (exact) mass is 304 g/mol. The molecule has 5 nitrogen and oxygen atoms in total. The van der Waals surface area contributed by atoms with Gasteiger partial charge >= 0.3 is 0 Å². The molecule has 0 spiro atoms. The average molecular weight is 304 g/mol. The van der Waals surface area contributed by atoms with Crippen molar-refractivity contribution in [2.24, 2.45) is 0 Å². The summed E-state index contributed by atoms with van der Waals surface area (Å²) in [4.78, 5) is 21.8. The maximum absolute atomic E-state index is 12.8. The van der Waals surface area contributed by atoms with E-state index in [1.54, 1.807) is 0 Å². The lowest BCUT2D eigenvalue weighted by Crippen LogP contribution is -2.36. The number of aromatic nitrogens is 2. The SMILES string of the molecule is Cc1nc(C(=O)N2CCCCC2)c(C)n1C1CCN(C)CC1. The smallest absolute Gasteiger partial charge is 0.274 e. The third-order valence-corrected chi connectivity index (χ3v) is 5.23. The summed E-state index contributed by atoms with van der Waals surface area (Å²) in [5, 5.41) is 0. The van der Waals surface area contributed by atoms with E-state index in [1.165, 1.54) is 6.42 Å². The molecule has 0 saturated carbocycles. The van der Waals surface area contributed by atoms with Crippen molar-refractivity contribution < 1.29 is 4.79 Å². The number of imidazole rings is 1. The minimum atomic E-state index is 0.131. The second-order valence-electron chi connectivity index (χ2n) is 6.85. The van der Waals surface area contributed by atoms with E-state index in [0.29, 0.717) is 11.7 Å². The molecule has 2 saturated heterocycles.